The highest BCUT2D eigenvalue weighted by Gasteiger charge is 2.16. The van der Waals surface area contributed by atoms with Crippen molar-refractivity contribution in [2.24, 2.45) is 0 Å². The zero-order valence-electron chi connectivity index (χ0n) is 13.0. The quantitative estimate of drug-likeness (QED) is 0.591. The average Bonchev–Trinajstić information content (AvgIpc) is 3.21. The number of nitrogens with one attached hydrogen (secondary N) is 1. The third-order valence-corrected chi connectivity index (χ3v) is 4.96. The normalized spacial score (nSPS) is 10.9. The maximum atomic E-state index is 12.5. The zero-order chi connectivity index (χ0) is 17.2. The Morgan fingerprint density at radius 2 is 2.00 bits per heavy atom. The van der Waals surface area contributed by atoms with Crippen LogP contribution in [0.2, 0.25) is 5.02 Å². The predicted molar refractivity (Wildman–Crippen MR) is 98.9 cm³/mol. The summed E-state index contributed by atoms with van der Waals surface area (Å²) in [6.07, 6.45) is 5.25. The van der Waals surface area contributed by atoms with Gasteiger partial charge >= 0.3 is 0 Å². The van der Waals surface area contributed by atoms with Crippen LogP contribution < -0.4 is 5.32 Å². The van der Waals surface area contributed by atoms with E-state index in [1.165, 1.54) is 11.3 Å². The Labute approximate surface area is 152 Å². The first kappa shape index (κ1) is 15.8. The number of hydrogen-bond donors (Lipinski definition) is 1. The van der Waals surface area contributed by atoms with Gasteiger partial charge in [0.05, 0.1) is 10.7 Å². The van der Waals surface area contributed by atoms with Crippen molar-refractivity contribution in [3.63, 3.8) is 0 Å². The molecule has 3 heterocycles. The number of benzene rings is 1. The first-order valence-electron chi connectivity index (χ1n) is 7.61. The van der Waals surface area contributed by atoms with Gasteiger partial charge in [-0.15, -0.1) is 11.3 Å². The first-order chi connectivity index (χ1) is 12.2. The van der Waals surface area contributed by atoms with Crippen molar-refractivity contribution in [2.75, 3.05) is 0 Å². The molecule has 1 N–H and O–H groups in total. The Hall–Kier alpha value is -2.70. The van der Waals surface area contributed by atoms with Crippen molar-refractivity contribution in [1.82, 2.24) is 19.7 Å². The number of thiazole rings is 1. The van der Waals surface area contributed by atoms with Crippen LogP contribution in [-0.4, -0.2) is 20.3 Å². The van der Waals surface area contributed by atoms with Gasteiger partial charge in [0, 0.05) is 36.1 Å². The summed E-state index contributed by atoms with van der Waals surface area (Å²) in [4.78, 5) is 21.8. The SMILES string of the molecule is O=C(NCc1ccncc1)c1csc2nc(-c3ccccc3Cl)cn12. The minimum atomic E-state index is -0.147. The number of pyridine rings is 1. The van der Waals surface area contributed by atoms with Gasteiger partial charge in [0.15, 0.2) is 4.96 Å². The molecule has 0 saturated heterocycles. The molecule has 0 bridgehead atoms. The highest BCUT2D eigenvalue weighted by Crippen LogP contribution is 2.29. The topological polar surface area (TPSA) is 59.3 Å². The van der Waals surface area contributed by atoms with E-state index in [1.54, 1.807) is 22.2 Å². The number of rotatable bonds is 4. The summed E-state index contributed by atoms with van der Waals surface area (Å²) in [6, 6.07) is 11.3. The molecule has 1 aromatic carbocycles. The van der Waals surface area contributed by atoms with Gasteiger partial charge in [0.1, 0.15) is 5.69 Å². The van der Waals surface area contributed by atoms with Crippen LogP contribution >= 0.6 is 22.9 Å². The Morgan fingerprint density at radius 1 is 1.20 bits per heavy atom. The lowest BCUT2D eigenvalue weighted by Gasteiger charge is -2.04. The summed E-state index contributed by atoms with van der Waals surface area (Å²) in [7, 11) is 0. The standard InChI is InChI=1S/C18H13ClN4OS/c19-14-4-2-1-3-13(14)15-10-23-16(11-25-18(23)22-15)17(24)21-9-12-5-7-20-8-6-12/h1-8,10-11H,9H2,(H,21,24). The van der Waals surface area contributed by atoms with E-state index >= 15 is 0 Å². The van der Waals surface area contributed by atoms with E-state index in [0.717, 1.165) is 21.8 Å². The highest BCUT2D eigenvalue weighted by atomic mass is 35.5. The molecule has 1 amide bonds. The van der Waals surface area contributed by atoms with Gasteiger partial charge in [0.2, 0.25) is 0 Å². The molecule has 0 unspecified atom stereocenters. The van der Waals surface area contributed by atoms with E-state index in [2.05, 4.69) is 15.3 Å². The zero-order valence-corrected chi connectivity index (χ0v) is 14.6. The van der Waals surface area contributed by atoms with Gasteiger partial charge in [0.25, 0.3) is 5.91 Å². The molecule has 0 aliphatic rings. The maximum absolute atomic E-state index is 12.5. The average molecular weight is 369 g/mol. The maximum Gasteiger partial charge on any atom is 0.269 e. The summed E-state index contributed by atoms with van der Waals surface area (Å²) in [5, 5.41) is 5.36. The number of hydrogen-bond acceptors (Lipinski definition) is 4. The monoisotopic (exact) mass is 368 g/mol. The third kappa shape index (κ3) is 3.14. The molecule has 7 heteroatoms. The summed E-state index contributed by atoms with van der Waals surface area (Å²) in [5.41, 5.74) is 3.15. The molecule has 124 valence electrons. The lowest BCUT2D eigenvalue weighted by atomic mass is 10.2. The Balaban J connectivity index is 1.60. The van der Waals surface area contributed by atoms with E-state index in [9.17, 15) is 4.79 Å². The highest BCUT2D eigenvalue weighted by molar-refractivity contribution is 7.15. The van der Waals surface area contributed by atoms with Crippen LogP contribution in [0, 0.1) is 0 Å². The Bertz CT molecular complexity index is 1040. The molecule has 0 aliphatic carbocycles. The van der Waals surface area contributed by atoms with Gasteiger partial charge in [-0.2, -0.15) is 0 Å². The number of nitrogens with zero attached hydrogens (tertiary/aromatic N) is 3. The van der Waals surface area contributed by atoms with Gasteiger partial charge in [-0.1, -0.05) is 29.8 Å². The molecule has 0 saturated carbocycles. The summed E-state index contributed by atoms with van der Waals surface area (Å²) < 4.78 is 1.80. The van der Waals surface area contributed by atoms with Crippen LogP contribution in [0.5, 0.6) is 0 Å². The van der Waals surface area contributed by atoms with Gasteiger partial charge in [-0.25, -0.2) is 4.98 Å². The fourth-order valence-electron chi connectivity index (χ4n) is 2.52. The van der Waals surface area contributed by atoms with Gasteiger partial charge < -0.3 is 5.32 Å². The van der Waals surface area contributed by atoms with Crippen molar-refractivity contribution in [2.45, 2.75) is 6.54 Å². The summed E-state index contributed by atoms with van der Waals surface area (Å²) in [6.45, 7) is 0.449. The summed E-state index contributed by atoms with van der Waals surface area (Å²) in [5.74, 6) is -0.147. The van der Waals surface area contributed by atoms with Crippen LogP contribution in [0.4, 0.5) is 0 Å². The van der Waals surface area contributed by atoms with Gasteiger partial charge in [-0.3, -0.25) is 14.2 Å². The van der Waals surface area contributed by atoms with Gasteiger partial charge in [-0.05, 0) is 23.8 Å². The smallest absolute Gasteiger partial charge is 0.269 e. The van der Waals surface area contributed by atoms with Crippen LogP contribution in [0.3, 0.4) is 0 Å². The molecule has 4 aromatic rings. The summed E-state index contributed by atoms with van der Waals surface area (Å²) >= 11 is 7.67. The van der Waals surface area contributed by atoms with E-state index < -0.39 is 0 Å². The van der Waals surface area contributed by atoms with Crippen LogP contribution in [0.25, 0.3) is 16.2 Å². The number of imidazole rings is 1. The van der Waals surface area contributed by atoms with Crippen LogP contribution in [0.15, 0.2) is 60.4 Å². The Kier molecular flexibility index (Phi) is 4.21. The van der Waals surface area contributed by atoms with Crippen molar-refractivity contribution < 1.29 is 4.79 Å². The van der Waals surface area contributed by atoms with Crippen molar-refractivity contribution in [3.8, 4) is 11.3 Å². The molecular weight excluding hydrogens is 356 g/mol. The molecule has 0 spiro atoms. The van der Waals surface area contributed by atoms with Crippen molar-refractivity contribution >= 4 is 33.8 Å². The van der Waals surface area contributed by atoms with E-state index in [-0.39, 0.29) is 5.91 Å². The fourth-order valence-corrected chi connectivity index (χ4v) is 3.61. The van der Waals surface area contributed by atoms with Crippen LogP contribution in [-0.2, 0) is 6.54 Å². The Morgan fingerprint density at radius 3 is 2.80 bits per heavy atom. The van der Waals surface area contributed by atoms with Crippen molar-refractivity contribution in [3.05, 3.63) is 76.6 Å². The molecule has 0 atom stereocenters. The number of carbonyl (C=O) groups is 1. The molecule has 5 nitrogen and oxygen atoms in total. The van der Waals surface area contributed by atoms with E-state index in [4.69, 9.17) is 11.6 Å². The number of aromatic nitrogens is 3. The minimum absolute atomic E-state index is 0.147. The van der Waals surface area contributed by atoms with E-state index in [0.29, 0.717) is 17.3 Å². The molecular formula is C18H13ClN4OS. The second kappa shape index (κ2) is 6.66. The lowest BCUT2D eigenvalue weighted by Crippen LogP contribution is -2.23. The minimum Gasteiger partial charge on any atom is -0.347 e. The molecule has 3 aromatic heterocycles. The fraction of sp³-hybridized carbons (Fsp3) is 0.0556. The molecule has 4 rings (SSSR count). The predicted octanol–water partition coefficient (Wildman–Crippen LogP) is 4.04. The molecule has 0 fully saturated rings. The number of carbonyl (C=O) groups excluding carboxylic acids is 1. The lowest BCUT2D eigenvalue weighted by molar-refractivity contribution is 0.0945. The molecule has 0 radical (unpaired) electrons. The third-order valence-electron chi connectivity index (χ3n) is 3.79. The molecule has 25 heavy (non-hydrogen) atoms. The largest absolute Gasteiger partial charge is 0.347 e. The molecule has 0 aliphatic heterocycles. The second-order valence-corrected chi connectivity index (χ2v) is 6.66. The number of amides is 1. The number of halogens is 1. The van der Waals surface area contributed by atoms with Crippen molar-refractivity contribution in [1.29, 1.82) is 0 Å². The second-order valence-electron chi connectivity index (χ2n) is 5.42. The van der Waals surface area contributed by atoms with Crippen LogP contribution in [0.1, 0.15) is 16.1 Å². The van der Waals surface area contributed by atoms with E-state index in [1.807, 2.05) is 42.6 Å². The number of fused-ring (bicyclic) bond motifs is 1. The first-order valence-corrected chi connectivity index (χ1v) is 8.87.